The maximum absolute atomic E-state index is 13.2. The molecule has 2 saturated carbocycles. The first-order valence-corrected chi connectivity index (χ1v) is 12.2. The molecule has 0 bridgehead atoms. The van der Waals surface area contributed by atoms with Crippen LogP contribution < -0.4 is 0 Å². The molecule has 3 saturated heterocycles. The summed E-state index contributed by atoms with van der Waals surface area (Å²) in [5.74, 6) is -1.08. The van der Waals surface area contributed by atoms with Crippen molar-refractivity contribution >= 4 is 11.9 Å². The maximum atomic E-state index is 13.2. The van der Waals surface area contributed by atoms with Crippen LogP contribution in [0.5, 0.6) is 0 Å². The number of carbonyl (C=O) groups is 2. The van der Waals surface area contributed by atoms with E-state index in [1.165, 1.54) is 6.08 Å². The van der Waals surface area contributed by atoms with Gasteiger partial charge in [-0.25, -0.2) is 9.59 Å². The molecule has 0 radical (unpaired) electrons. The second-order valence-electron chi connectivity index (χ2n) is 12.0. The Morgan fingerprint density at radius 3 is 2.65 bits per heavy atom. The summed E-state index contributed by atoms with van der Waals surface area (Å²) in [5, 5.41) is 12.1. The van der Waals surface area contributed by atoms with Crippen molar-refractivity contribution in [3.63, 3.8) is 0 Å². The molecule has 5 fully saturated rings. The van der Waals surface area contributed by atoms with E-state index in [1.54, 1.807) is 12.5 Å². The Morgan fingerprint density at radius 1 is 1.12 bits per heavy atom. The van der Waals surface area contributed by atoms with E-state index < -0.39 is 57.8 Å². The Morgan fingerprint density at radius 2 is 1.91 bits per heavy atom. The summed E-state index contributed by atoms with van der Waals surface area (Å²) in [7, 11) is 0. The van der Waals surface area contributed by atoms with Crippen molar-refractivity contribution in [2.75, 3.05) is 6.61 Å². The lowest BCUT2D eigenvalue weighted by Gasteiger charge is -2.67. The van der Waals surface area contributed by atoms with Crippen LogP contribution in [0.4, 0.5) is 0 Å². The van der Waals surface area contributed by atoms with Crippen molar-refractivity contribution < 1.29 is 38.1 Å². The van der Waals surface area contributed by atoms with Crippen molar-refractivity contribution in [2.45, 2.75) is 76.2 Å². The molecule has 8 heteroatoms. The highest BCUT2D eigenvalue weighted by Gasteiger charge is 2.89. The number of furan rings is 1. The van der Waals surface area contributed by atoms with Crippen LogP contribution in [0.3, 0.4) is 0 Å². The van der Waals surface area contributed by atoms with Crippen LogP contribution in [0.1, 0.15) is 52.2 Å². The third kappa shape index (κ3) is 2.02. The fraction of sp³-hybridized carbons (Fsp3) is 0.692. The second-order valence-corrected chi connectivity index (χ2v) is 12.0. The first kappa shape index (κ1) is 21.1. The van der Waals surface area contributed by atoms with E-state index in [1.807, 2.05) is 26.0 Å². The maximum Gasteiger partial charge on any atom is 0.339 e. The zero-order valence-corrected chi connectivity index (χ0v) is 19.8. The minimum atomic E-state index is -0.930. The van der Waals surface area contributed by atoms with E-state index in [-0.39, 0.29) is 24.4 Å². The Labute approximate surface area is 197 Å². The molecule has 1 spiro atoms. The van der Waals surface area contributed by atoms with E-state index in [4.69, 9.17) is 23.4 Å². The molecule has 1 aromatic rings. The zero-order chi connectivity index (χ0) is 23.9. The number of rotatable bonds is 1. The molecule has 2 aliphatic carbocycles. The summed E-state index contributed by atoms with van der Waals surface area (Å²) in [6, 6.07) is 1.82. The van der Waals surface area contributed by atoms with Gasteiger partial charge >= 0.3 is 11.9 Å². The number of hydrogen-bond acceptors (Lipinski definition) is 8. The molecule has 4 aliphatic heterocycles. The Balaban J connectivity index is 1.43. The molecule has 6 aliphatic rings. The van der Waals surface area contributed by atoms with Crippen LogP contribution >= 0.6 is 0 Å². The van der Waals surface area contributed by atoms with Crippen molar-refractivity contribution in [2.24, 2.45) is 28.1 Å². The predicted octanol–water partition coefficient (Wildman–Crippen LogP) is 2.71. The van der Waals surface area contributed by atoms with E-state index in [0.717, 1.165) is 18.4 Å². The molecule has 182 valence electrons. The molecule has 1 N–H and O–H groups in total. The second kappa shape index (κ2) is 5.97. The summed E-state index contributed by atoms with van der Waals surface area (Å²) in [6.45, 7) is 8.43. The lowest BCUT2D eigenvalue weighted by Crippen LogP contribution is -2.74. The monoisotopic (exact) mass is 470 g/mol. The highest BCUT2D eigenvalue weighted by molar-refractivity contribution is 5.84. The van der Waals surface area contributed by atoms with Crippen LogP contribution in [0.2, 0.25) is 0 Å². The molecule has 7 rings (SSSR count). The highest BCUT2D eigenvalue weighted by Crippen LogP contribution is 2.79. The molecule has 0 amide bonds. The average molecular weight is 471 g/mol. The highest BCUT2D eigenvalue weighted by atomic mass is 16.7. The van der Waals surface area contributed by atoms with E-state index in [0.29, 0.717) is 0 Å². The number of epoxide rings is 1. The summed E-state index contributed by atoms with van der Waals surface area (Å²) in [4.78, 5) is 25.7. The van der Waals surface area contributed by atoms with Crippen molar-refractivity contribution in [1.29, 1.82) is 0 Å². The standard InChI is InChI=1S/C26H30O8/c1-22-8-6-15(27)33-24(3)12-31-16(17(22)24)18(28)25(4)14(22)5-9-23(2)19(13-7-10-30-11-13)32-21(29)20-26(23,25)34-20/h6-8,10-11,14,16-20,28H,5,9,12H2,1-4H3/t14?,16-,17-,18-,19+,20-,22-,23+,24+,25+,26-/m1/s1. The van der Waals surface area contributed by atoms with Crippen molar-refractivity contribution in [1.82, 2.24) is 0 Å². The number of hydrogen-bond donors (Lipinski definition) is 1. The number of ether oxygens (including phenoxy) is 4. The fourth-order valence-electron chi connectivity index (χ4n) is 9.35. The van der Waals surface area contributed by atoms with Gasteiger partial charge in [0, 0.05) is 28.4 Å². The average Bonchev–Trinajstić information content (AvgIpc) is 3.21. The first-order chi connectivity index (χ1) is 16.0. The van der Waals surface area contributed by atoms with E-state index in [9.17, 15) is 14.7 Å². The van der Waals surface area contributed by atoms with Gasteiger partial charge in [-0.3, -0.25) is 0 Å². The first-order valence-electron chi connectivity index (χ1n) is 12.2. The molecule has 11 atom stereocenters. The molecule has 0 aromatic carbocycles. The lowest BCUT2D eigenvalue weighted by molar-refractivity contribution is -0.265. The smallest absolute Gasteiger partial charge is 0.339 e. The molecule has 8 nitrogen and oxygen atoms in total. The number of cyclic esters (lactones) is 1. The summed E-state index contributed by atoms with van der Waals surface area (Å²) in [6.07, 6.45) is 5.42. The minimum Gasteiger partial charge on any atom is -0.472 e. The molecular formula is C26H30O8. The Bertz CT molecular complexity index is 1130. The zero-order valence-electron chi connectivity index (χ0n) is 19.8. The quantitative estimate of drug-likeness (QED) is 0.493. The van der Waals surface area contributed by atoms with Gasteiger partial charge in [0.25, 0.3) is 0 Å². The van der Waals surface area contributed by atoms with Crippen LogP contribution in [0.25, 0.3) is 0 Å². The third-order valence-electron chi connectivity index (χ3n) is 10.6. The van der Waals surface area contributed by atoms with Gasteiger partial charge in [0.1, 0.15) is 17.3 Å². The van der Waals surface area contributed by atoms with Gasteiger partial charge in [-0.2, -0.15) is 0 Å². The lowest BCUT2D eigenvalue weighted by atomic mass is 9.37. The molecule has 34 heavy (non-hydrogen) atoms. The van der Waals surface area contributed by atoms with Crippen molar-refractivity contribution in [3.8, 4) is 0 Å². The number of fused-ring (bicyclic) bond motifs is 2. The number of carbonyl (C=O) groups excluding carboxylic acids is 2. The Kier molecular flexibility index (Phi) is 3.71. The van der Waals surface area contributed by atoms with Crippen LogP contribution in [0.15, 0.2) is 35.2 Å². The van der Waals surface area contributed by atoms with Crippen LogP contribution in [0, 0.1) is 28.1 Å². The van der Waals surface area contributed by atoms with Gasteiger partial charge in [0.05, 0.1) is 31.3 Å². The van der Waals surface area contributed by atoms with Crippen molar-refractivity contribution in [3.05, 3.63) is 36.3 Å². The van der Waals surface area contributed by atoms with Gasteiger partial charge in [-0.1, -0.05) is 26.8 Å². The summed E-state index contributed by atoms with van der Waals surface area (Å²) >= 11 is 0. The normalized spacial score (nSPS) is 56.9. The molecular weight excluding hydrogens is 440 g/mol. The number of allylic oxidation sites excluding steroid dienone is 1. The SMILES string of the molecule is C[C@@]12CCC3[C@@](C)([C@H](O)[C@@H]4OC[C@]5(C)OC(=O)C=C[C@@]3(C)[C@@H]45)[C@]13O[C@@H]3C(=O)O[C@H]2c1ccoc1. The van der Waals surface area contributed by atoms with Crippen LogP contribution in [-0.4, -0.2) is 53.2 Å². The molecule has 5 heterocycles. The van der Waals surface area contributed by atoms with Crippen LogP contribution in [-0.2, 0) is 28.5 Å². The third-order valence-corrected chi connectivity index (χ3v) is 10.6. The van der Waals surface area contributed by atoms with Gasteiger partial charge in [0.15, 0.2) is 6.10 Å². The largest absolute Gasteiger partial charge is 0.472 e. The van der Waals surface area contributed by atoms with Gasteiger partial charge in [-0.15, -0.1) is 0 Å². The number of aliphatic hydroxyl groups excluding tert-OH is 1. The van der Waals surface area contributed by atoms with E-state index >= 15 is 0 Å². The topological polar surface area (TPSA) is 108 Å². The van der Waals surface area contributed by atoms with Gasteiger partial charge < -0.3 is 28.5 Å². The van der Waals surface area contributed by atoms with Gasteiger partial charge in [-0.05, 0) is 37.2 Å². The Hall–Kier alpha value is -2.16. The molecule has 1 unspecified atom stereocenters. The van der Waals surface area contributed by atoms with E-state index in [2.05, 4.69) is 13.8 Å². The fourth-order valence-corrected chi connectivity index (χ4v) is 9.35. The number of aliphatic hydroxyl groups is 1. The summed E-state index contributed by atoms with van der Waals surface area (Å²) < 4.78 is 29.8. The summed E-state index contributed by atoms with van der Waals surface area (Å²) in [5.41, 5.74) is -2.89. The minimum absolute atomic E-state index is 0.0722. The number of esters is 2. The van der Waals surface area contributed by atoms with Gasteiger partial charge in [0.2, 0.25) is 0 Å². The molecule has 1 aromatic heterocycles. The predicted molar refractivity (Wildman–Crippen MR) is 115 cm³/mol.